The molecule has 0 radical (unpaired) electrons. The second-order valence-electron chi connectivity index (χ2n) is 5.14. The summed E-state index contributed by atoms with van der Waals surface area (Å²) in [4.78, 5) is 25.8. The third-order valence-corrected chi connectivity index (χ3v) is 3.41. The lowest BCUT2D eigenvalue weighted by Crippen LogP contribution is -2.29. The van der Waals surface area contributed by atoms with Crippen molar-refractivity contribution in [3.8, 4) is 11.3 Å². The van der Waals surface area contributed by atoms with Crippen LogP contribution < -0.4 is 10.9 Å². The number of nitrogens with one attached hydrogen (secondary N) is 2. The van der Waals surface area contributed by atoms with Crippen LogP contribution in [-0.4, -0.2) is 27.7 Å². The fraction of sp³-hybridized carbons (Fsp3) is 0.118. The van der Waals surface area contributed by atoms with Crippen LogP contribution >= 0.6 is 0 Å². The van der Waals surface area contributed by atoms with Gasteiger partial charge < -0.3 is 19.9 Å². The van der Waals surface area contributed by atoms with Gasteiger partial charge in [0.1, 0.15) is 6.10 Å². The van der Waals surface area contributed by atoms with E-state index in [1.54, 1.807) is 6.07 Å². The molecule has 1 atom stereocenters. The SMILES string of the molecule is O=C(NCC(O)c1cccc(=O)[nH]1)c1cc(-c2ccccc2)on1. The van der Waals surface area contributed by atoms with Gasteiger partial charge >= 0.3 is 0 Å². The number of hydrogen-bond acceptors (Lipinski definition) is 5. The number of carbonyl (C=O) groups is 1. The van der Waals surface area contributed by atoms with Gasteiger partial charge in [0, 0.05) is 29.9 Å². The number of aliphatic hydroxyl groups excluding tert-OH is 1. The summed E-state index contributed by atoms with van der Waals surface area (Å²) < 4.78 is 5.16. The molecule has 0 aliphatic carbocycles. The Balaban J connectivity index is 1.63. The fourth-order valence-electron chi connectivity index (χ4n) is 2.17. The van der Waals surface area contributed by atoms with Gasteiger partial charge in [-0.15, -0.1) is 0 Å². The number of amides is 1. The van der Waals surface area contributed by atoms with E-state index >= 15 is 0 Å². The van der Waals surface area contributed by atoms with Crippen molar-refractivity contribution in [2.24, 2.45) is 0 Å². The monoisotopic (exact) mass is 325 g/mol. The molecule has 0 saturated carbocycles. The zero-order chi connectivity index (χ0) is 16.9. The van der Waals surface area contributed by atoms with Gasteiger partial charge in [0.25, 0.3) is 5.91 Å². The number of hydrogen-bond donors (Lipinski definition) is 3. The van der Waals surface area contributed by atoms with E-state index in [0.717, 1.165) is 5.56 Å². The molecule has 3 aromatic rings. The molecule has 1 amide bonds. The number of nitrogens with zero attached hydrogens (tertiary/aromatic N) is 1. The van der Waals surface area contributed by atoms with E-state index in [9.17, 15) is 14.7 Å². The molecule has 0 aliphatic heterocycles. The minimum absolute atomic E-state index is 0.0632. The quantitative estimate of drug-likeness (QED) is 0.659. The molecule has 0 aliphatic rings. The Bertz CT molecular complexity index is 886. The summed E-state index contributed by atoms with van der Waals surface area (Å²) in [6.07, 6.45) is -1.02. The van der Waals surface area contributed by atoms with Gasteiger partial charge in [-0.3, -0.25) is 9.59 Å². The van der Waals surface area contributed by atoms with Crippen molar-refractivity contribution in [3.05, 3.63) is 76.3 Å². The van der Waals surface area contributed by atoms with Gasteiger partial charge in [-0.05, 0) is 6.07 Å². The maximum Gasteiger partial charge on any atom is 0.273 e. The highest BCUT2D eigenvalue weighted by atomic mass is 16.5. The summed E-state index contributed by atoms with van der Waals surface area (Å²) in [5, 5.41) is 16.3. The van der Waals surface area contributed by atoms with Gasteiger partial charge in [0.05, 0.1) is 0 Å². The van der Waals surface area contributed by atoms with Crippen LogP contribution in [0.4, 0.5) is 0 Å². The molecule has 0 saturated heterocycles. The number of aromatic amines is 1. The largest absolute Gasteiger partial charge is 0.385 e. The zero-order valence-corrected chi connectivity index (χ0v) is 12.6. The van der Waals surface area contributed by atoms with Gasteiger partial charge in [0.15, 0.2) is 11.5 Å². The van der Waals surface area contributed by atoms with Crippen LogP contribution in [0.2, 0.25) is 0 Å². The average molecular weight is 325 g/mol. The van der Waals surface area contributed by atoms with E-state index in [4.69, 9.17) is 4.52 Å². The zero-order valence-electron chi connectivity index (χ0n) is 12.6. The minimum Gasteiger partial charge on any atom is -0.385 e. The maximum atomic E-state index is 12.1. The van der Waals surface area contributed by atoms with Crippen LogP contribution in [0.15, 0.2) is 63.9 Å². The van der Waals surface area contributed by atoms with Gasteiger partial charge in [-0.25, -0.2) is 0 Å². The first-order valence-electron chi connectivity index (χ1n) is 7.31. The van der Waals surface area contributed by atoms with E-state index in [2.05, 4.69) is 15.5 Å². The Kier molecular flexibility index (Phi) is 4.53. The molecular weight excluding hydrogens is 310 g/mol. The molecule has 0 fully saturated rings. The second kappa shape index (κ2) is 6.93. The Morgan fingerprint density at radius 2 is 2.00 bits per heavy atom. The Morgan fingerprint density at radius 3 is 2.75 bits per heavy atom. The molecule has 1 unspecified atom stereocenters. The molecular formula is C17H15N3O4. The molecule has 3 rings (SSSR count). The van der Waals surface area contributed by atoms with Crippen molar-refractivity contribution in [2.45, 2.75) is 6.10 Å². The molecule has 2 aromatic heterocycles. The van der Waals surface area contributed by atoms with Crippen molar-refractivity contribution >= 4 is 5.91 Å². The van der Waals surface area contributed by atoms with Crippen LogP contribution in [0.1, 0.15) is 22.3 Å². The summed E-state index contributed by atoms with van der Waals surface area (Å²) >= 11 is 0. The lowest BCUT2D eigenvalue weighted by Gasteiger charge is -2.10. The van der Waals surface area contributed by atoms with Crippen molar-refractivity contribution in [1.29, 1.82) is 0 Å². The van der Waals surface area contributed by atoms with E-state index in [1.165, 1.54) is 18.2 Å². The predicted molar refractivity (Wildman–Crippen MR) is 86.3 cm³/mol. The summed E-state index contributed by atoms with van der Waals surface area (Å²) in [7, 11) is 0. The van der Waals surface area contributed by atoms with Gasteiger partial charge in [-0.1, -0.05) is 41.6 Å². The highest BCUT2D eigenvalue weighted by Crippen LogP contribution is 2.19. The lowest BCUT2D eigenvalue weighted by molar-refractivity contribution is 0.0905. The minimum atomic E-state index is -1.02. The van der Waals surface area contributed by atoms with Crippen molar-refractivity contribution in [2.75, 3.05) is 6.54 Å². The first-order chi connectivity index (χ1) is 11.6. The normalized spacial score (nSPS) is 11.9. The summed E-state index contributed by atoms with van der Waals surface area (Å²) in [6, 6.07) is 15.3. The van der Waals surface area contributed by atoms with Gasteiger partial charge in [0.2, 0.25) is 5.56 Å². The highest BCUT2D eigenvalue weighted by Gasteiger charge is 2.15. The number of rotatable bonds is 5. The summed E-state index contributed by atoms with van der Waals surface area (Å²) in [5.41, 5.74) is 0.934. The van der Waals surface area contributed by atoms with Crippen LogP contribution in [0.5, 0.6) is 0 Å². The average Bonchev–Trinajstić information content (AvgIpc) is 3.10. The van der Waals surface area contributed by atoms with E-state index < -0.39 is 12.0 Å². The standard InChI is InChI=1S/C17H15N3O4/c21-14(12-7-4-8-16(22)19-12)10-18-17(23)13-9-15(24-20-13)11-5-2-1-3-6-11/h1-9,14,21H,10H2,(H,18,23)(H,19,22). The van der Waals surface area contributed by atoms with Gasteiger partial charge in [-0.2, -0.15) is 0 Å². The Morgan fingerprint density at radius 1 is 1.21 bits per heavy atom. The molecule has 24 heavy (non-hydrogen) atoms. The first kappa shape index (κ1) is 15.7. The number of H-pyrrole nitrogens is 1. The topological polar surface area (TPSA) is 108 Å². The number of pyridine rings is 1. The summed E-state index contributed by atoms with van der Waals surface area (Å²) in [5.74, 6) is 0.00643. The van der Waals surface area contributed by atoms with Crippen LogP contribution in [0.25, 0.3) is 11.3 Å². The molecule has 7 nitrogen and oxygen atoms in total. The number of aliphatic hydroxyl groups is 1. The van der Waals surface area contributed by atoms with Crippen LogP contribution in [0, 0.1) is 0 Å². The Labute approximate surface area is 136 Å². The molecule has 2 heterocycles. The molecule has 122 valence electrons. The molecule has 7 heteroatoms. The third kappa shape index (κ3) is 3.58. The first-order valence-corrected chi connectivity index (χ1v) is 7.31. The highest BCUT2D eigenvalue weighted by molar-refractivity contribution is 5.93. The third-order valence-electron chi connectivity index (χ3n) is 3.41. The second-order valence-corrected chi connectivity index (χ2v) is 5.14. The fourth-order valence-corrected chi connectivity index (χ4v) is 2.17. The van der Waals surface area contributed by atoms with E-state index in [0.29, 0.717) is 11.5 Å². The molecule has 1 aromatic carbocycles. The van der Waals surface area contributed by atoms with Crippen LogP contribution in [0.3, 0.4) is 0 Å². The predicted octanol–water partition coefficient (Wildman–Crippen LogP) is 1.49. The number of carbonyl (C=O) groups excluding carboxylic acids is 1. The van der Waals surface area contributed by atoms with E-state index in [1.807, 2.05) is 30.3 Å². The van der Waals surface area contributed by atoms with Crippen molar-refractivity contribution in [3.63, 3.8) is 0 Å². The smallest absolute Gasteiger partial charge is 0.273 e. The summed E-state index contributed by atoms with van der Waals surface area (Å²) in [6.45, 7) is -0.0632. The molecule has 0 bridgehead atoms. The van der Waals surface area contributed by atoms with E-state index in [-0.39, 0.29) is 17.8 Å². The van der Waals surface area contributed by atoms with Crippen molar-refractivity contribution in [1.82, 2.24) is 15.5 Å². The number of benzene rings is 1. The van der Waals surface area contributed by atoms with Crippen molar-refractivity contribution < 1.29 is 14.4 Å². The molecule has 0 spiro atoms. The lowest BCUT2D eigenvalue weighted by atomic mass is 10.1. The van der Waals surface area contributed by atoms with Crippen LogP contribution in [-0.2, 0) is 0 Å². The Hall–Kier alpha value is -3.19. The number of aromatic nitrogens is 2. The maximum absolute atomic E-state index is 12.1. The molecule has 3 N–H and O–H groups in total.